The van der Waals surface area contributed by atoms with Gasteiger partial charge in [0, 0.05) is 12.6 Å². The molecule has 18 heavy (non-hydrogen) atoms. The van der Waals surface area contributed by atoms with Crippen LogP contribution in [0.3, 0.4) is 0 Å². The molecule has 0 aliphatic heterocycles. The van der Waals surface area contributed by atoms with Crippen LogP contribution >= 0.6 is 0 Å². The van der Waals surface area contributed by atoms with E-state index in [1.54, 1.807) is 6.07 Å². The first kappa shape index (κ1) is 14.4. The number of benzene rings is 1. The highest BCUT2D eigenvalue weighted by Gasteiger charge is 2.15. The molecule has 0 spiro atoms. The highest BCUT2D eigenvalue weighted by molar-refractivity contribution is 5.62. The molecule has 0 amide bonds. The number of anilines is 1. The molecule has 0 unspecified atom stereocenters. The zero-order valence-corrected chi connectivity index (χ0v) is 11.2. The van der Waals surface area contributed by atoms with Gasteiger partial charge in [-0.2, -0.15) is 0 Å². The van der Waals surface area contributed by atoms with Crippen molar-refractivity contribution in [2.45, 2.75) is 26.8 Å². The molecule has 0 saturated carbocycles. The molecule has 0 aliphatic carbocycles. The van der Waals surface area contributed by atoms with Crippen LogP contribution in [0.1, 0.15) is 25.8 Å². The minimum Gasteiger partial charge on any atom is -0.393 e. The number of nitro groups is 1. The van der Waals surface area contributed by atoms with E-state index in [1.165, 1.54) is 6.07 Å². The van der Waals surface area contributed by atoms with Crippen molar-refractivity contribution in [2.75, 3.05) is 19.3 Å². The molecular formula is C13H21N3O2. The summed E-state index contributed by atoms with van der Waals surface area (Å²) in [7, 11) is 2.00. The zero-order valence-electron chi connectivity index (χ0n) is 11.2. The average molecular weight is 251 g/mol. The molecule has 0 fully saturated rings. The van der Waals surface area contributed by atoms with E-state index in [0.29, 0.717) is 12.5 Å². The quantitative estimate of drug-likeness (QED) is 0.479. The molecule has 100 valence electrons. The first-order valence-electron chi connectivity index (χ1n) is 6.12. The van der Waals surface area contributed by atoms with Gasteiger partial charge < -0.3 is 10.6 Å². The summed E-state index contributed by atoms with van der Waals surface area (Å²) in [5.41, 5.74) is 6.90. The summed E-state index contributed by atoms with van der Waals surface area (Å²) in [5, 5.41) is 10.8. The van der Waals surface area contributed by atoms with Gasteiger partial charge in [-0.3, -0.25) is 10.1 Å². The largest absolute Gasteiger partial charge is 0.393 e. The van der Waals surface area contributed by atoms with Gasteiger partial charge in [0.25, 0.3) is 5.69 Å². The van der Waals surface area contributed by atoms with E-state index < -0.39 is 4.92 Å². The van der Waals surface area contributed by atoms with Crippen LogP contribution in [0, 0.1) is 16.0 Å². The topological polar surface area (TPSA) is 72.4 Å². The lowest BCUT2D eigenvalue weighted by molar-refractivity contribution is -0.384. The number of nitrogen functional groups attached to an aromatic ring is 1. The van der Waals surface area contributed by atoms with Crippen LogP contribution in [0.2, 0.25) is 0 Å². The third-order valence-electron chi connectivity index (χ3n) is 2.90. The molecule has 0 heterocycles. The molecule has 5 heteroatoms. The van der Waals surface area contributed by atoms with Gasteiger partial charge in [-0.05, 0) is 31.5 Å². The first-order valence-corrected chi connectivity index (χ1v) is 6.12. The van der Waals surface area contributed by atoms with Gasteiger partial charge in [-0.15, -0.1) is 0 Å². The zero-order chi connectivity index (χ0) is 13.7. The monoisotopic (exact) mass is 251 g/mol. The summed E-state index contributed by atoms with van der Waals surface area (Å²) in [5.74, 6) is 0.648. The molecule has 0 bridgehead atoms. The Morgan fingerprint density at radius 3 is 2.67 bits per heavy atom. The van der Waals surface area contributed by atoms with Gasteiger partial charge in [0.2, 0.25) is 0 Å². The SMILES string of the molecule is CC(C)CCN(C)Cc1cccc([N+](=O)[O-])c1N. The van der Waals surface area contributed by atoms with E-state index >= 15 is 0 Å². The van der Waals surface area contributed by atoms with Gasteiger partial charge in [0.1, 0.15) is 5.69 Å². The summed E-state index contributed by atoms with van der Waals surface area (Å²) in [6.45, 7) is 5.95. The summed E-state index contributed by atoms with van der Waals surface area (Å²) in [6.07, 6.45) is 1.10. The molecular weight excluding hydrogens is 230 g/mol. The maximum Gasteiger partial charge on any atom is 0.292 e. The van der Waals surface area contributed by atoms with E-state index in [-0.39, 0.29) is 11.4 Å². The second-order valence-corrected chi connectivity index (χ2v) is 5.03. The van der Waals surface area contributed by atoms with E-state index in [9.17, 15) is 10.1 Å². The minimum absolute atomic E-state index is 0.00948. The Morgan fingerprint density at radius 1 is 1.44 bits per heavy atom. The normalized spacial score (nSPS) is 11.2. The van der Waals surface area contributed by atoms with Crippen LogP contribution in [-0.2, 0) is 6.54 Å². The van der Waals surface area contributed by atoms with Crippen molar-refractivity contribution in [3.05, 3.63) is 33.9 Å². The lowest BCUT2D eigenvalue weighted by Crippen LogP contribution is -2.21. The Hall–Kier alpha value is -1.62. The first-order chi connectivity index (χ1) is 8.41. The van der Waals surface area contributed by atoms with Gasteiger partial charge in [-0.1, -0.05) is 26.0 Å². The lowest BCUT2D eigenvalue weighted by atomic mass is 10.1. The number of para-hydroxylation sites is 1. The molecule has 0 atom stereocenters. The minimum atomic E-state index is -0.438. The third kappa shape index (κ3) is 4.00. The number of hydrogen-bond acceptors (Lipinski definition) is 4. The van der Waals surface area contributed by atoms with Crippen molar-refractivity contribution in [3.63, 3.8) is 0 Å². The predicted octanol–water partition coefficient (Wildman–Crippen LogP) is 2.65. The molecule has 1 aromatic rings. The molecule has 5 nitrogen and oxygen atoms in total. The molecule has 0 saturated heterocycles. The Morgan fingerprint density at radius 2 is 2.11 bits per heavy atom. The van der Waals surface area contributed by atoms with E-state index in [0.717, 1.165) is 18.5 Å². The molecule has 0 aromatic heterocycles. The summed E-state index contributed by atoms with van der Waals surface area (Å²) in [6, 6.07) is 4.96. The highest BCUT2D eigenvalue weighted by Crippen LogP contribution is 2.25. The molecule has 2 N–H and O–H groups in total. The maximum atomic E-state index is 10.8. The van der Waals surface area contributed by atoms with Crippen LogP contribution in [-0.4, -0.2) is 23.4 Å². The van der Waals surface area contributed by atoms with Crippen molar-refractivity contribution >= 4 is 11.4 Å². The van der Waals surface area contributed by atoms with Crippen LogP contribution < -0.4 is 5.73 Å². The molecule has 1 aromatic carbocycles. The van der Waals surface area contributed by atoms with Crippen molar-refractivity contribution in [3.8, 4) is 0 Å². The van der Waals surface area contributed by atoms with Crippen LogP contribution in [0.5, 0.6) is 0 Å². The third-order valence-corrected chi connectivity index (χ3v) is 2.90. The van der Waals surface area contributed by atoms with Crippen molar-refractivity contribution in [2.24, 2.45) is 5.92 Å². The van der Waals surface area contributed by atoms with Crippen LogP contribution in [0.25, 0.3) is 0 Å². The van der Waals surface area contributed by atoms with Gasteiger partial charge in [0.15, 0.2) is 0 Å². The van der Waals surface area contributed by atoms with E-state index in [2.05, 4.69) is 18.7 Å². The summed E-state index contributed by atoms with van der Waals surface area (Å²) < 4.78 is 0. The lowest BCUT2D eigenvalue weighted by Gasteiger charge is -2.18. The van der Waals surface area contributed by atoms with Crippen LogP contribution in [0.4, 0.5) is 11.4 Å². The smallest absolute Gasteiger partial charge is 0.292 e. The number of rotatable bonds is 6. The van der Waals surface area contributed by atoms with E-state index in [1.807, 2.05) is 13.1 Å². The van der Waals surface area contributed by atoms with Gasteiger partial charge in [-0.25, -0.2) is 0 Å². The summed E-state index contributed by atoms with van der Waals surface area (Å²) in [4.78, 5) is 12.5. The molecule has 0 radical (unpaired) electrons. The summed E-state index contributed by atoms with van der Waals surface area (Å²) >= 11 is 0. The van der Waals surface area contributed by atoms with Crippen molar-refractivity contribution in [1.29, 1.82) is 0 Å². The Labute approximate surface area is 108 Å². The standard InChI is InChI=1S/C13H21N3O2/c1-10(2)7-8-15(3)9-11-5-4-6-12(13(11)14)16(17)18/h4-6,10H,7-9,14H2,1-3H3. The molecule has 1 rings (SSSR count). The van der Waals surface area contributed by atoms with Crippen molar-refractivity contribution < 1.29 is 4.92 Å². The predicted molar refractivity (Wildman–Crippen MR) is 73.3 cm³/mol. The van der Waals surface area contributed by atoms with Crippen LogP contribution in [0.15, 0.2) is 18.2 Å². The Balaban J connectivity index is 2.73. The van der Waals surface area contributed by atoms with E-state index in [4.69, 9.17) is 5.73 Å². The highest BCUT2D eigenvalue weighted by atomic mass is 16.6. The Bertz CT molecular complexity index is 419. The number of nitro benzene ring substituents is 1. The number of nitrogens with two attached hydrogens (primary N) is 1. The fourth-order valence-electron chi connectivity index (χ4n) is 1.74. The fraction of sp³-hybridized carbons (Fsp3) is 0.538. The second kappa shape index (κ2) is 6.35. The maximum absolute atomic E-state index is 10.8. The van der Waals surface area contributed by atoms with Gasteiger partial charge in [0.05, 0.1) is 4.92 Å². The molecule has 0 aliphatic rings. The average Bonchev–Trinajstić information content (AvgIpc) is 2.29. The second-order valence-electron chi connectivity index (χ2n) is 5.03. The number of hydrogen-bond donors (Lipinski definition) is 1. The fourth-order valence-corrected chi connectivity index (χ4v) is 1.74. The Kier molecular flexibility index (Phi) is 5.09. The van der Waals surface area contributed by atoms with Gasteiger partial charge >= 0.3 is 0 Å². The number of nitrogens with zero attached hydrogens (tertiary/aromatic N) is 2. The van der Waals surface area contributed by atoms with Crippen molar-refractivity contribution in [1.82, 2.24) is 4.90 Å².